The molecule has 0 fully saturated rings. The van der Waals surface area contributed by atoms with Crippen LogP contribution in [0.25, 0.3) is 11.0 Å². The molecule has 1 heterocycles. The summed E-state index contributed by atoms with van der Waals surface area (Å²) in [6, 6.07) is 6.44. The van der Waals surface area contributed by atoms with Gasteiger partial charge in [-0.1, -0.05) is 0 Å². The number of amides is 1. The molecule has 2 aromatic carbocycles. The Morgan fingerprint density at radius 3 is 2.41 bits per heavy atom. The Bertz CT molecular complexity index is 1010. The van der Waals surface area contributed by atoms with Gasteiger partial charge in [0.05, 0.1) is 12.7 Å². The maximum Gasteiger partial charge on any atom is 0.310 e. The van der Waals surface area contributed by atoms with E-state index in [1.54, 1.807) is 0 Å². The molecule has 0 unspecified atom stereocenters. The van der Waals surface area contributed by atoms with Crippen LogP contribution in [0.2, 0.25) is 0 Å². The molecular formula is C20H17F2NO4. The minimum absolute atomic E-state index is 0.0553. The number of halogens is 2. The van der Waals surface area contributed by atoms with Gasteiger partial charge in [0.2, 0.25) is 0 Å². The third-order valence-corrected chi connectivity index (χ3v) is 4.12. The number of nitrogens with one attached hydrogen (secondary N) is 1. The van der Waals surface area contributed by atoms with Crippen molar-refractivity contribution in [3.05, 3.63) is 64.9 Å². The molecule has 3 rings (SSSR count). The number of carbonyl (C=O) groups is 2. The summed E-state index contributed by atoms with van der Waals surface area (Å²) in [5.41, 5.74) is 3.43. The first-order valence-electron chi connectivity index (χ1n) is 8.20. The second-order valence-corrected chi connectivity index (χ2v) is 6.24. The van der Waals surface area contributed by atoms with Crippen LogP contribution in [0.15, 0.2) is 41.0 Å². The molecular weight excluding hydrogens is 356 g/mol. The predicted octanol–water partition coefficient (Wildman–Crippen LogP) is 4.05. The zero-order valence-corrected chi connectivity index (χ0v) is 14.8. The van der Waals surface area contributed by atoms with Crippen LogP contribution in [0.3, 0.4) is 0 Å². The number of esters is 1. The summed E-state index contributed by atoms with van der Waals surface area (Å²) in [7, 11) is 0. The Balaban J connectivity index is 1.58. The number of anilines is 1. The largest absolute Gasteiger partial charge is 0.464 e. The summed E-state index contributed by atoms with van der Waals surface area (Å²) < 4.78 is 36.6. The zero-order chi connectivity index (χ0) is 19.6. The molecule has 7 heteroatoms. The van der Waals surface area contributed by atoms with Crippen molar-refractivity contribution in [3.63, 3.8) is 0 Å². The third-order valence-electron chi connectivity index (χ3n) is 4.12. The van der Waals surface area contributed by atoms with Crippen molar-refractivity contribution in [2.24, 2.45) is 0 Å². The molecule has 0 aliphatic carbocycles. The molecule has 0 saturated carbocycles. The molecule has 1 aromatic heterocycles. The minimum Gasteiger partial charge on any atom is -0.464 e. The maximum absolute atomic E-state index is 13.1. The van der Waals surface area contributed by atoms with Crippen LogP contribution in [0.4, 0.5) is 14.5 Å². The highest BCUT2D eigenvalue weighted by Gasteiger charge is 2.14. The molecule has 1 N–H and O–H groups in total. The summed E-state index contributed by atoms with van der Waals surface area (Å²) in [5, 5.41) is 3.08. The van der Waals surface area contributed by atoms with Crippen LogP contribution in [0.5, 0.6) is 0 Å². The van der Waals surface area contributed by atoms with E-state index in [4.69, 9.17) is 9.15 Å². The summed E-state index contributed by atoms with van der Waals surface area (Å²) >= 11 is 0. The lowest BCUT2D eigenvalue weighted by Crippen LogP contribution is -2.21. The highest BCUT2D eigenvalue weighted by Crippen LogP contribution is 2.25. The number of fused-ring (bicyclic) bond motifs is 1. The average molecular weight is 373 g/mol. The Hall–Kier alpha value is -3.22. The normalized spacial score (nSPS) is 10.8. The van der Waals surface area contributed by atoms with E-state index in [0.717, 1.165) is 28.6 Å². The van der Waals surface area contributed by atoms with Gasteiger partial charge < -0.3 is 14.5 Å². The SMILES string of the molecule is Cc1cc2occ(CC(=O)OCC(=O)Nc3cc(F)cc(F)c3)c2cc1C. The first-order chi connectivity index (χ1) is 12.8. The van der Waals surface area contributed by atoms with E-state index < -0.39 is 30.1 Å². The van der Waals surface area contributed by atoms with Gasteiger partial charge in [-0.25, -0.2) is 8.78 Å². The van der Waals surface area contributed by atoms with Gasteiger partial charge in [-0.3, -0.25) is 9.59 Å². The minimum atomic E-state index is -0.820. The molecule has 0 saturated heterocycles. The van der Waals surface area contributed by atoms with Crippen molar-refractivity contribution in [2.75, 3.05) is 11.9 Å². The molecule has 1 amide bonds. The Labute approximate surface area is 153 Å². The smallest absolute Gasteiger partial charge is 0.310 e. The van der Waals surface area contributed by atoms with Gasteiger partial charge in [-0.15, -0.1) is 0 Å². The van der Waals surface area contributed by atoms with E-state index in [9.17, 15) is 18.4 Å². The van der Waals surface area contributed by atoms with Crippen molar-refractivity contribution in [2.45, 2.75) is 20.3 Å². The van der Waals surface area contributed by atoms with Crippen molar-refractivity contribution < 1.29 is 27.5 Å². The van der Waals surface area contributed by atoms with Crippen LogP contribution < -0.4 is 5.32 Å². The van der Waals surface area contributed by atoms with Crippen LogP contribution in [0.1, 0.15) is 16.7 Å². The number of aryl methyl sites for hydroxylation is 2. The first kappa shape index (κ1) is 18.6. The number of furan rings is 1. The summed E-state index contributed by atoms with van der Waals surface area (Å²) in [6.45, 7) is 3.36. The van der Waals surface area contributed by atoms with E-state index in [-0.39, 0.29) is 12.1 Å². The standard InChI is InChI=1S/C20H17F2NO4/c1-11-3-17-13(9-26-18(17)4-12(11)2)5-20(25)27-10-19(24)23-16-7-14(21)6-15(22)8-16/h3-4,6-9H,5,10H2,1-2H3,(H,23,24). The molecule has 140 valence electrons. The number of ether oxygens (including phenoxy) is 1. The van der Waals surface area contributed by atoms with Gasteiger partial charge in [0.25, 0.3) is 5.91 Å². The van der Waals surface area contributed by atoms with Gasteiger partial charge in [0, 0.05) is 22.7 Å². The molecule has 0 atom stereocenters. The number of rotatable bonds is 5. The van der Waals surface area contributed by atoms with E-state index in [2.05, 4.69) is 5.32 Å². The highest BCUT2D eigenvalue weighted by molar-refractivity contribution is 5.93. The van der Waals surface area contributed by atoms with Crippen LogP contribution in [-0.2, 0) is 20.7 Å². The predicted molar refractivity (Wildman–Crippen MR) is 95.3 cm³/mol. The molecule has 0 bridgehead atoms. The van der Waals surface area contributed by atoms with E-state index in [0.29, 0.717) is 17.2 Å². The Morgan fingerprint density at radius 1 is 1.04 bits per heavy atom. The lowest BCUT2D eigenvalue weighted by molar-refractivity contribution is -0.146. The van der Waals surface area contributed by atoms with Gasteiger partial charge in [-0.2, -0.15) is 0 Å². The molecule has 5 nitrogen and oxygen atoms in total. The summed E-state index contributed by atoms with van der Waals surface area (Å²) in [5.74, 6) is -2.95. The summed E-state index contributed by atoms with van der Waals surface area (Å²) in [4.78, 5) is 23.8. The van der Waals surface area contributed by atoms with Crippen LogP contribution in [0, 0.1) is 25.5 Å². The second-order valence-electron chi connectivity index (χ2n) is 6.24. The topological polar surface area (TPSA) is 68.5 Å². The maximum atomic E-state index is 13.1. The fraction of sp³-hybridized carbons (Fsp3) is 0.200. The van der Waals surface area contributed by atoms with E-state index in [1.165, 1.54) is 6.26 Å². The monoisotopic (exact) mass is 373 g/mol. The van der Waals surface area contributed by atoms with Gasteiger partial charge in [0.1, 0.15) is 17.2 Å². The number of hydrogen-bond donors (Lipinski definition) is 1. The first-order valence-corrected chi connectivity index (χ1v) is 8.20. The van der Waals surface area contributed by atoms with E-state index >= 15 is 0 Å². The number of benzene rings is 2. The second kappa shape index (κ2) is 7.57. The van der Waals surface area contributed by atoms with Gasteiger partial charge in [0.15, 0.2) is 6.61 Å². The average Bonchev–Trinajstić information content (AvgIpc) is 2.94. The molecule has 0 radical (unpaired) electrons. The fourth-order valence-electron chi connectivity index (χ4n) is 2.65. The third kappa shape index (κ3) is 4.49. The van der Waals surface area contributed by atoms with Crippen molar-refractivity contribution in [1.29, 1.82) is 0 Å². The molecule has 0 aliphatic heterocycles. The van der Waals surface area contributed by atoms with Gasteiger partial charge >= 0.3 is 5.97 Å². The van der Waals surface area contributed by atoms with Crippen LogP contribution in [-0.4, -0.2) is 18.5 Å². The zero-order valence-electron chi connectivity index (χ0n) is 14.8. The Kier molecular flexibility index (Phi) is 5.21. The number of carbonyl (C=O) groups excluding carboxylic acids is 2. The van der Waals surface area contributed by atoms with Crippen LogP contribution >= 0.6 is 0 Å². The summed E-state index contributed by atoms with van der Waals surface area (Å²) in [6.07, 6.45) is 1.43. The molecule has 0 spiro atoms. The van der Waals surface area contributed by atoms with E-state index in [1.807, 2.05) is 26.0 Å². The lowest BCUT2D eigenvalue weighted by atomic mass is 10.0. The lowest BCUT2D eigenvalue weighted by Gasteiger charge is -2.07. The molecule has 27 heavy (non-hydrogen) atoms. The van der Waals surface area contributed by atoms with Gasteiger partial charge in [-0.05, 0) is 49.2 Å². The number of hydrogen-bond acceptors (Lipinski definition) is 4. The van der Waals surface area contributed by atoms with Crippen molar-refractivity contribution in [3.8, 4) is 0 Å². The fourth-order valence-corrected chi connectivity index (χ4v) is 2.65. The molecule has 3 aromatic rings. The Morgan fingerprint density at radius 2 is 1.70 bits per heavy atom. The molecule has 0 aliphatic rings. The van der Waals surface area contributed by atoms with Crippen molar-refractivity contribution in [1.82, 2.24) is 0 Å². The quantitative estimate of drug-likeness (QED) is 0.685. The highest BCUT2D eigenvalue weighted by atomic mass is 19.1. The van der Waals surface area contributed by atoms with Crippen molar-refractivity contribution >= 4 is 28.5 Å².